The number of rotatable bonds is 1. The average Bonchev–Trinajstić information content (AvgIpc) is 2.86. The number of hydrogen-bond acceptors (Lipinski definition) is 5. The summed E-state index contributed by atoms with van der Waals surface area (Å²) in [5, 5.41) is 9.50. The van der Waals surface area contributed by atoms with Crippen LogP contribution in [0.3, 0.4) is 0 Å². The third-order valence-corrected chi connectivity index (χ3v) is 7.84. The van der Waals surface area contributed by atoms with E-state index in [1.165, 1.54) is 6.07 Å². The van der Waals surface area contributed by atoms with Gasteiger partial charge in [-0.05, 0) is 18.1 Å². The van der Waals surface area contributed by atoms with Crippen molar-refractivity contribution in [3.8, 4) is 6.07 Å². The lowest BCUT2D eigenvalue weighted by molar-refractivity contribution is 0.381. The van der Waals surface area contributed by atoms with Crippen LogP contribution in [-0.4, -0.2) is 34.1 Å². The molecule has 0 radical (unpaired) electrons. The third-order valence-electron chi connectivity index (χ3n) is 4.24. The maximum absolute atomic E-state index is 12.2. The lowest BCUT2D eigenvalue weighted by atomic mass is 9.74. The second-order valence-electron chi connectivity index (χ2n) is 5.48. The molecule has 7 heteroatoms. The quantitative estimate of drug-likeness (QED) is 0.768. The SMILES string of the molecule is N#CC1(C2CS(=O)(=O)c3ccccc32)CCS(=O)(=O)C1. The van der Waals surface area contributed by atoms with Gasteiger partial charge >= 0.3 is 0 Å². The van der Waals surface area contributed by atoms with Crippen molar-refractivity contribution in [3.63, 3.8) is 0 Å². The molecule has 1 aromatic rings. The average molecular weight is 311 g/mol. The zero-order chi connectivity index (χ0) is 14.6. The Bertz CT molecular complexity index is 820. The molecule has 2 unspecified atom stereocenters. The molecule has 2 aliphatic heterocycles. The summed E-state index contributed by atoms with van der Waals surface area (Å²) in [5.41, 5.74) is -0.524. The Morgan fingerprint density at radius 3 is 2.50 bits per heavy atom. The first kappa shape index (κ1) is 13.6. The van der Waals surface area contributed by atoms with Crippen LogP contribution in [0.2, 0.25) is 0 Å². The smallest absolute Gasteiger partial charge is 0.179 e. The summed E-state index contributed by atoms with van der Waals surface area (Å²) in [6.45, 7) is 0. The van der Waals surface area contributed by atoms with Gasteiger partial charge in [-0.3, -0.25) is 0 Å². The Balaban J connectivity index is 2.16. The summed E-state index contributed by atoms with van der Waals surface area (Å²) in [6.07, 6.45) is 0.209. The molecule has 0 aliphatic carbocycles. The standard InChI is InChI=1S/C13H13NO4S2/c14-8-13(5-6-19(15,16)9-13)11-7-20(17,18)12-4-2-1-3-10(11)12/h1-4,11H,5-7,9H2. The van der Waals surface area contributed by atoms with Gasteiger partial charge in [-0.2, -0.15) is 5.26 Å². The number of hydrogen-bond donors (Lipinski definition) is 0. The fourth-order valence-electron chi connectivity index (χ4n) is 3.22. The highest BCUT2D eigenvalue weighted by atomic mass is 32.2. The van der Waals surface area contributed by atoms with Crippen molar-refractivity contribution in [2.75, 3.05) is 17.3 Å². The summed E-state index contributed by atoms with van der Waals surface area (Å²) in [6, 6.07) is 8.69. The van der Waals surface area contributed by atoms with Crippen molar-refractivity contribution in [1.29, 1.82) is 5.26 Å². The molecule has 106 valence electrons. The Kier molecular flexibility index (Phi) is 2.76. The van der Waals surface area contributed by atoms with E-state index in [0.717, 1.165) is 0 Å². The van der Waals surface area contributed by atoms with E-state index in [0.29, 0.717) is 5.56 Å². The summed E-state index contributed by atoms with van der Waals surface area (Å²) in [7, 11) is -6.68. The van der Waals surface area contributed by atoms with E-state index < -0.39 is 31.0 Å². The predicted molar refractivity (Wildman–Crippen MR) is 72.6 cm³/mol. The number of fused-ring (bicyclic) bond motifs is 1. The highest BCUT2D eigenvalue weighted by Gasteiger charge is 2.53. The van der Waals surface area contributed by atoms with E-state index >= 15 is 0 Å². The van der Waals surface area contributed by atoms with Crippen LogP contribution in [0.1, 0.15) is 17.9 Å². The molecule has 0 N–H and O–H groups in total. The van der Waals surface area contributed by atoms with Gasteiger partial charge in [0.05, 0.1) is 33.6 Å². The highest BCUT2D eigenvalue weighted by Crippen LogP contribution is 2.50. The van der Waals surface area contributed by atoms with Crippen molar-refractivity contribution in [1.82, 2.24) is 0 Å². The van der Waals surface area contributed by atoms with Gasteiger partial charge in [0.1, 0.15) is 0 Å². The molecular formula is C13H13NO4S2. The van der Waals surface area contributed by atoms with Crippen molar-refractivity contribution in [2.45, 2.75) is 17.2 Å². The second kappa shape index (κ2) is 4.06. The predicted octanol–water partition coefficient (Wildman–Crippen LogP) is 0.886. The van der Waals surface area contributed by atoms with Crippen molar-refractivity contribution < 1.29 is 16.8 Å². The first-order chi connectivity index (χ1) is 9.30. The molecule has 20 heavy (non-hydrogen) atoms. The first-order valence-electron chi connectivity index (χ1n) is 6.23. The van der Waals surface area contributed by atoms with Gasteiger partial charge in [-0.1, -0.05) is 18.2 Å². The van der Waals surface area contributed by atoms with Crippen molar-refractivity contribution >= 4 is 19.7 Å². The molecule has 0 aromatic heterocycles. The Labute approximate surface area is 118 Å². The van der Waals surface area contributed by atoms with Crippen molar-refractivity contribution in [2.24, 2.45) is 5.41 Å². The van der Waals surface area contributed by atoms with Gasteiger partial charge in [-0.15, -0.1) is 0 Å². The summed E-state index contributed by atoms with van der Waals surface area (Å²) >= 11 is 0. The summed E-state index contributed by atoms with van der Waals surface area (Å²) in [5.74, 6) is -1.01. The topological polar surface area (TPSA) is 92.1 Å². The molecular weight excluding hydrogens is 298 g/mol. The Morgan fingerprint density at radius 2 is 1.90 bits per heavy atom. The fraction of sp³-hybridized carbons (Fsp3) is 0.462. The van der Waals surface area contributed by atoms with Gasteiger partial charge in [-0.25, -0.2) is 16.8 Å². The van der Waals surface area contributed by atoms with Crippen LogP contribution < -0.4 is 0 Å². The van der Waals surface area contributed by atoms with Gasteiger partial charge < -0.3 is 0 Å². The van der Waals surface area contributed by atoms with Crippen LogP contribution >= 0.6 is 0 Å². The molecule has 0 bridgehead atoms. The lowest BCUT2D eigenvalue weighted by Gasteiger charge is -2.26. The van der Waals surface area contributed by atoms with Crippen LogP contribution in [0.15, 0.2) is 29.2 Å². The second-order valence-corrected chi connectivity index (χ2v) is 9.67. The van der Waals surface area contributed by atoms with Crippen molar-refractivity contribution in [3.05, 3.63) is 29.8 Å². The maximum Gasteiger partial charge on any atom is 0.179 e. The van der Waals surface area contributed by atoms with E-state index in [-0.39, 0.29) is 28.6 Å². The molecule has 1 saturated heterocycles. The van der Waals surface area contributed by atoms with Gasteiger partial charge in [0.15, 0.2) is 19.7 Å². The molecule has 0 amide bonds. The molecule has 0 saturated carbocycles. The summed E-state index contributed by atoms with van der Waals surface area (Å²) in [4.78, 5) is 0.240. The van der Waals surface area contributed by atoms with Crippen LogP contribution in [-0.2, 0) is 19.7 Å². The monoisotopic (exact) mass is 311 g/mol. The van der Waals surface area contributed by atoms with E-state index in [2.05, 4.69) is 6.07 Å². The van der Waals surface area contributed by atoms with Crippen LogP contribution in [0.25, 0.3) is 0 Å². The summed E-state index contributed by atoms with van der Waals surface area (Å²) < 4.78 is 47.8. The third kappa shape index (κ3) is 1.86. The number of benzene rings is 1. The first-order valence-corrected chi connectivity index (χ1v) is 9.70. The largest absolute Gasteiger partial charge is 0.229 e. The molecule has 3 rings (SSSR count). The highest BCUT2D eigenvalue weighted by molar-refractivity contribution is 7.92. The zero-order valence-electron chi connectivity index (χ0n) is 10.6. The maximum atomic E-state index is 12.2. The van der Waals surface area contributed by atoms with Crippen LogP contribution in [0.4, 0.5) is 0 Å². The molecule has 5 nitrogen and oxygen atoms in total. The molecule has 2 atom stereocenters. The zero-order valence-corrected chi connectivity index (χ0v) is 12.2. The minimum absolute atomic E-state index is 0.0424. The van der Waals surface area contributed by atoms with Gasteiger partial charge in [0, 0.05) is 5.92 Å². The Morgan fingerprint density at radius 1 is 1.20 bits per heavy atom. The number of nitriles is 1. The molecule has 0 spiro atoms. The number of sulfone groups is 2. The molecule has 1 fully saturated rings. The van der Waals surface area contributed by atoms with Gasteiger partial charge in [0.25, 0.3) is 0 Å². The minimum atomic E-state index is -3.42. The van der Waals surface area contributed by atoms with Crippen LogP contribution in [0, 0.1) is 16.7 Å². The molecule has 2 heterocycles. The van der Waals surface area contributed by atoms with Gasteiger partial charge in [0.2, 0.25) is 0 Å². The van der Waals surface area contributed by atoms with E-state index in [4.69, 9.17) is 0 Å². The Hall–Kier alpha value is -1.39. The normalized spacial score (nSPS) is 33.5. The van der Waals surface area contributed by atoms with E-state index in [1.54, 1.807) is 18.2 Å². The lowest BCUT2D eigenvalue weighted by Crippen LogP contribution is -2.30. The molecule has 2 aliphatic rings. The van der Waals surface area contributed by atoms with Crippen LogP contribution in [0.5, 0.6) is 0 Å². The molecule has 1 aromatic carbocycles. The number of nitrogens with zero attached hydrogens (tertiary/aromatic N) is 1. The minimum Gasteiger partial charge on any atom is -0.229 e. The van der Waals surface area contributed by atoms with E-state index in [9.17, 15) is 22.1 Å². The van der Waals surface area contributed by atoms with E-state index in [1.807, 2.05) is 0 Å². The fourth-order valence-corrected chi connectivity index (χ4v) is 7.21.